The maximum Gasteiger partial charge on any atom is 0.223 e. The van der Waals surface area contributed by atoms with Crippen molar-refractivity contribution < 1.29 is 9.53 Å². The first-order valence-electron chi connectivity index (χ1n) is 6.76. The van der Waals surface area contributed by atoms with Gasteiger partial charge >= 0.3 is 0 Å². The normalized spacial score (nSPS) is 22.7. The van der Waals surface area contributed by atoms with Gasteiger partial charge in [0.25, 0.3) is 0 Å². The Bertz CT molecular complexity index is 394. The van der Waals surface area contributed by atoms with Gasteiger partial charge in [-0.3, -0.25) is 4.79 Å². The highest BCUT2D eigenvalue weighted by atomic mass is 32.1. The summed E-state index contributed by atoms with van der Waals surface area (Å²) in [5, 5.41) is 5.36. The lowest BCUT2D eigenvalue weighted by Crippen LogP contribution is -2.36. The lowest BCUT2D eigenvalue weighted by atomic mass is 9.90. The zero-order valence-corrected chi connectivity index (χ0v) is 11.2. The van der Waals surface area contributed by atoms with Gasteiger partial charge in [-0.05, 0) is 43.0 Å². The number of ether oxygens (including phenoxy) is 1. The standard InChI is InChI=1S/C14H19NO2S/c16-14(11-3-4-11)15-13(12-2-1-9-18-12)10-5-7-17-8-6-10/h1-2,9-11,13H,3-8H2,(H,15,16). The highest BCUT2D eigenvalue weighted by Crippen LogP contribution is 2.35. The maximum absolute atomic E-state index is 12.0. The van der Waals surface area contributed by atoms with E-state index in [4.69, 9.17) is 4.74 Å². The van der Waals surface area contributed by atoms with E-state index < -0.39 is 0 Å². The third-order valence-electron chi connectivity index (χ3n) is 3.83. The molecular weight excluding hydrogens is 246 g/mol. The lowest BCUT2D eigenvalue weighted by Gasteiger charge is -2.30. The number of rotatable bonds is 4. The van der Waals surface area contributed by atoms with Gasteiger partial charge in [0, 0.05) is 24.0 Å². The highest BCUT2D eigenvalue weighted by molar-refractivity contribution is 7.10. The number of carbonyl (C=O) groups excluding carboxylic acids is 1. The molecule has 3 nitrogen and oxygen atoms in total. The molecule has 0 spiro atoms. The largest absolute Gasteiger partial charge is 0.381 e. The monoisotopic (exact) mass is 265 g/mol. The topological polar surface area (TPSA) is 38.3 Å². The molecule has 1 atom stereocenters. The molecule has 2 heterocycles. The van der Waals surface area contributed by atoms with Crippen molar-refractivity contribution in [2.45, 2.75) is 31.7 Å². The van der Waals surface area contributed by atoms with Crippen molar-refractivity contribution in [2.75, 3.05) is 13.2 Å². The summed E-state index contributed by atoms with van der Waals surface area (Å²) in [5.74, 6) is 1.06. The van der Waals surface area contributed by atoms with E-state index in [2.05, 4.69) is 22.8 Å². The van der Waals surface area contributed by atoms with Crippen molar-refractivity contribution in [1.82, 2.24) is 5.32 Å². The Morgan fingerprint density at radius 3 is 2.72 bits per heavy atom. The Hall–Kier alpha value is -0.870. The summed E-state index contributed by atoms with van der Waals surface area (Å²) in [4.78, 5) is 13.3. The molecule has 3 rings (SSSR count). The fourth-order valence-electron chi connectivity index (χ4n) is 2.56. The van der Waals surface area contributed by atoms with Crippen LogP contribution in [0.4, 0.5) is 0 Å². The summed E-state index contributed by atoms with van der Waals surface area (Å²) in [6, 6.07) is 4.40. The fourth-order valence-corrected chi connectivity index (χ4v) is 3.42. The van der Waals surface area contributed by atoms with Crippen molar-refractivity contribution in [3.8, 4) is 0 Å². The van der Waals surface area contributed by atoms with Gasteiger partial charge in [0.2, 0.25) is 5.91 Å². The molecule has 1 aliphatic carbocycles. The predicted octanol–water partition coefficient (Wildman–Crippen LogP) is 2.74. The van der Waals surface area contributed by atoms with Gasteiger partial charge in [-0.25, -0.2) is 0 Å². The van der Waals surface area contributed by atoms with E-state index in [-0.39, 0.29) is 17.9 Å². The summed E-state index contributed by atoms with van der Waals surface area (Å²) in [6.45, 7) is 1.65. The van der Waals surface area contributed by atoms with E-state index in [9.17, 15) is 4.79 Å². The Kier molecular flexibility index (Phi) is 3.66. The molecule has 1 N–H and O–H groups in total. The zero-order valence-electron chi connectivity index (χ0n) is 10.4. The van der Waals surface area contributed by atoms with Gasteiger partial charge in [-0.15, -0.1) is 11.3 Å². The molecule has 1 saturated heterocycles. The Morgan fingerprint density at radius 2 is 2.11 bits per heavy atom. The molecule has 0 bridgehead atoms. The molecule has 98 valence electrons. The van der Waals surface area contributed by atoms with E-state index in [1.807, 2.05) is 0 Å². The highest BCUT2D eigenvalue weighted by Gasteiger charge is 2.34. The average Bonchev–Trinajstić information content (AvgIpc) is 3.13. The van der Waals surface area contributed by atoms with E-state index in [0.717, 1.165) is 38.9 Å². The van der Waals surface area contributed by atoms with Crippen molar-refractivity contribution >= 4 is 17.2 Å². The number of carbonyl (C=O) groups is 1. The quantitative estimate of drug-likeness (QED) is 0.909. The minimum atomic E-state index is 0.196. The van der Waals surface area contributed by atoms with Gasteiger partial charge < -0.3 is 10.1 Å². The zero-order chi connectivity index (χ0) is 12.4. The molecule has 4 heteroatoms. The van der Waals surface area contributed by atoms with E-state index >= 15 is 0 Å². The van der Waals surface area contributed by atoms with Crippen LogP contribution in [-0.2, 0) is 9.53 Å². The average molecular weight is 265 g/mol. The molecule has 1 aliphatic heterocycles. The van der Waals surface area contributed by atoms with Gasteiger partial charge in [0.15, 0.2) is 0 Å². The number of amides is 1. The molecule has 1 unspecified atom stereocenters. The molecule has 0 aromatic carbocycles. The summed E-state index contributed by atoms with van der Waals surface area (Å²) in [6.07, 6.45) is 4.23. The molecule has 2 aliphatic rings. The van der Waals surface area contributed by atoms with Crippen LogP contribution in [0.25, 0.3) is 0 Å². The predicted molar refractivity (Wildman–Crippen MR) is 71.5 cm³/mol. The van der Waals surface area contributed by atoms with Crippen LogP contribution in [0, 0.1) is 11.8 Å². The molecule has 1 saturated carbocycles. The van der Waals surface area contributed by atoms with E-state index in [1.165, 1.54) is 4.88 Å². The van der Waals surface area contributed by atoms with Crippen LogP contribution in [0.1, 0.15) is 36.6 Å². The van der Waals surface area contributed by atoms with E-state index in [1.54, 1.807) is 11.3 Å². The van der Waals surface area contributed by atoms with Crippen molar-refractivity contribution in [1.29, 1.82) is 0 Å². The fraction of sp³-hybridized carbons (Fsp3) is 0.643. The molecule has 2 fully saturated rings. The van der Waals surface area contributed by atoms with E-state index in [0.29, 0.717) is 5.92 Å². The van der Waals surface area contributed by atoms with Crippen LogP contribution in [0.5, 0.6) is 0 Å². The number of nitrogens with one attached hydrogen (secondary N) is 1. The Balaban J connectivity index is 1.72. The molecular formula is C14H19NO2S. The van der Waals surface area contributed by atoms with Crippen LogP contribution in [0.3, 0.4) is 0 Å². The van der Waals surface area contributed by atoms with Gasteiger partial charge in [0.05, 0.1) is 6.04 Å². The van der Waals surface area contributed by atoms with Crippen molar-refractivity contribution in [3.63, 3.8) is 0 Å². The first-order chi connectivity index (χ1) is 8.84. The lowest BCUT2D eigenvalue weighted by molar-refractivity contribution is -0.123. The van der Waals surface area contributed by atoms with Crippen LogP contribution in [0.2, 0.25) is 0 Å². The van der Waals surface area contributed by atoms with Gasteiger partial charge in [-0.2, -0.15) is 0 Å². The van der Waals surface area contributed by atoms with Gasteiger partial charge in [-0.1, -0.05) is 6.07 Å². The summed E-state index contributed by atoms with van der Waals surface area (Å²) < 4.78 is 5.42. The summed E-state index contributed by atoms with van der Waals surface area (Å²) in [7, 11) is 0. The Labute approximate surface area is 112 Å². The smallest absolute Gasteiger partial charge is 0.223 e. The molecule has 0 radical (unpaired) electrons. The second kappa shape index (κ2) is 5.41. The molecule has 1 aromatic rings. The first-order valence-corrected chi connectivity index (χ1v) is 7.64. The van der Waals surface area contributed by atoms with Crippen LogP contribution >= 0.6 is 11.3 Å². The second-order valence-corrected chi connectivity index (χ2v) is 6.21. The van der Waals surface area contributed by atoms with Gasteiger partial charge in [0.1, 0.15) is 0 Å². The van der Waals surface area contributed by atoms with Crippen LogP contribution in [0.15, 0.2) is 17.5 Å². The minimum Gasteiger partial charge on any atom is -0.381 e. The maximum atomic E-state index is 12.0. The minimum absolute atomic E-state index is 0.196. The first kappa shape index (κ1) is 12.2. The van der Waals surface area contributed by atoms with Crippen molar-refractivity contribution in [2.24, 2.45) is 11.8 Å². The number of hydrogen-bond donors (Lipinski definition) is 1. The Morgan fingerprint density at radius 1 is 1.33 bits per heavy atom. The third kappa shape index (κ3) is 2.75. The molecule has 18 heavy (non-hydrogen) atoms. The summed E-state index contributed by atoms with van der Waals surface area (Å²) in [5.41, 5.74) is 0. The number of hydrogen-bond acceptors (Lipinski definition) is 3. The SMILES string of the molecule is O=C(NC(c1cccs1)C1CCOCC1)C1CC1. The third-order valence-corrected chi connectivity index (χ3v) is 4.79. The van der Waals surface area contributed by atoms with Crippen LogP contribution in [-0.4, -0.2) is 19.1 Å². The molecule has 1 aromatic heterocycles. The van der Waals surface area contributed by atoms with Crippen molar-refractivity contribution in [3.05, 3.63) is 22.4 Å². The second-order valence-electron chi connectivity index (χ2n) is 5.23. The summed E-state index contributed by atoms with van der Waals surface area (Å²) >= 11 is 1.74. The number of thiophene rings is 1. The molecule has 1 amide bonds. The van der Waals surface area contributed by atoms with Crippen LogP contribution < -0.4 is 5.32 Å².